The maximum atomic E-state index is 12.2. The Morgan fingerprint density at radius 3 is 2.67 bits per heavy atom. The molecule has 30 heavy (non-hydrogen) atoms. The molecule has 0 fully saturated rings. The molecule has 3 N–H and O–H groups in total. The van der Waals surface area contributed by atoms with Crippen LogP contribution in [-0.2, 0) is 21.4 Å². The summed E-state index contributed by atoms with van der Waals surface area (Å²) in [5.74, 6) is 0.734. The van der Waals surface area contributed by atoms with E-state index in [1.54, 1.807) is 24.3 Å². The smallest absolute Gasteiger partial charge is 0.259 e. The predicted molar refractivity (Wildman–Crippen MR) is 117 cm³/mol. The molecule has 0 unspecified atom stereocenters. The first-order valence-electron chi connectivity index (χ1n) is 8.67. The van der Waals surface area contributed by atoms with Crippen LogP contribution in [0.25, 0.3) is 0 Å². The number of benzene rings is 2. The highest BCUT2D eigenvalue weighted by Crippen LogP contribution is 2.32. The number of ether oxygens (including phenoxy) is 2. The fraction of sp³-hybridized carbons (Fsp3) is 0.222. The third-order valence-electron chi connectivity index (χ3n) is 3.99. The molecule has 1 heterocycles. The molecule has 9 nitrogen and oxygen atoms in total. The van der Waals surface area contributed by atoms with Crippen molar-refractivity contribution < 1.29 is 22.7 Å². The van der Waals surface area contributed by atoms with Crippen LogP contribution in [0.4, 0.5) is 5.69 Å². The van der Waals surface area contributed by atoms with Crippen molar-refractivity contribution in [2.45, 2.75) is 6.54 Å². The van der Waals surface area contributed by atoms with Crippen molar-refractivity contribution in [1.82, 2.24) is 16.2 Å². The molecule has 0 saturated carbocycles. The van der Waals surface area contributed by atoms with E-state index in [0.717, 1.165) is 16.1 Å². The first-order chi connectivity index (χ1) is 14.2. The predicted octanol–water partition coefficient (Wildman–Crippen LogP) is 1.53. The van der Waals surface area contributed by atoms with Crippen molar-refractivity contribution in [3.63, 3.8) is 0 Å². The van der Waals surface area contributed by atoms with Gasteiger partial charge in [-0.25, -0.2) is 8.42 Å². The number of rotatable bonds is 6. The maximum Gasteiger partial charge on any atom is 0.259 e. The van der Waals surface area contributed by atoms with Gasteiger partial charge in [-0.2, -0.15) is 0 Å². The number of nitrogens with one attached hydrogen (secondary N) is 3. The summed E-state index contributed by atoms with van der Waals surface area (Å²) in [7, 11) is -3.70. The molecule has 1 aliphatic rings. The van der Waals surface area contributed by atoms with Gasteiger partial charge in [0.1, 0.15) is 6.54 Å². The summed E-state index contributed by atoms with van der Waals surface area (Å²) in [6.07, 6.45) is 1.01. The van der Waals surface area contributed by atoms with Gasteiger partial charge >= 0.3 is 0 Å². The summed E-state index contributed by atoms with van der Waals surface area (Å²) in [6.45, 7) is 0.130. The number of hydrazine groups is 1. The first kappa shape index (κ1) is 21.9. The van der Waals surface area contributed by atoms with Crippen LogP contribution in [0.1, 0.15) is 5.56 Å². The van der Waals surface area contributed by atoms with Gasteiger partial charge in [0, 0.05) is 11.6 Å². The summed E-state index contributed by atoms with van der Waals surface area (Å²) in [6, 6.07) is 11.7. The van der Waals surface area contributed by atoms with Gasteiger partial charge in [0.25, 0.3) is 5.91 Å². The summed E-state index contributed by atoms with van der Waals surface area (Å²) < 4.78 is 35.7. The van der Waals surface area contributed by atoms with Crippen LogP contribution in [0.2, 0.25) is 5.02 Å². The van der Waals surface area contributed by atoms with E-state index >= 15 is 0 Å². The number of hydrogen-bond donors (Lipinski definition) is 3. The molecule has 0 atom stereocenters. The number of fused-ring (bicyclic) bond motifs is 1. The lowest BCUT2D eigenvalue weighted by Gasteiger charge is -2.22. The topological polar surface area (TPSA) is 109 Å². The van der Waals surface area contributed by atoms with Crippen molar-refractivity contribution >= 4 is 50.5 Å². The molecule has 12 heteroatoms. The van der Waals surface area contributed by atoms with Gasteiger partial charge in [-0.1, -0.05) is 23.7 Å². The van der Waals surface area contributed by atoms with Crippen LogP contribution >= 0.6 is 23.8 Å². The van der Waals surface area contributed by atoms with Gasteiger partial charge in [-0.3, -0.25) is 20.0 Å². The van der Waals surface area contributed by atoms with Gasteiger partial charge < -0.3 is 14.8 Å². The summed E-state index contributed by atoms with van der Waals surface area (Å²) in [5.41, 5.74) is 6.10. The first-order valence-corrected chi connectivity index (χ1v) is 11.3. The average molecular weight is 471 g/mol. The van der Waals surface area contributed by atoms with Crippen molar-refractivity contribution in [1.29, 1.82) is 0 Å². The lowest BCUT2D eigenvalue weighted by Crippen LogP contribution is -2.50. The number of carbonyl (C=O) groups excluding carboxylic acids is 1. The van der Waals surface area contributed by atoms with Crippen LogP contribution in [0.5, 0.6) is 11.5 Å². The molecule has 0 radical (unpaired) electrons. The molecular weight excluding hydrogens is 452 g/mol. The minimum absolute atomic E-state index is 0.162. The van der Waals surface area contributed by atoms with Crippen molar-refractivity contribution in [2.24, 2.45) is 0 Å². The zero-order valence-corrected chi connectivity index (χ0v) is 18.2. The third-order valence-corrected chi connectivity index (χ3v) is 5.61. The number of nitrogens with zero attached hydrogens (tertiary/aromatic N) is 1. The molecule has 1 amide bonds. The van der Waals surface area contributed by atoms with Gasteiger partial charge in [-0.15, -0.1) is 0 Å². The number of thiocarbonyl (C=S) groups is 1. The number of sulfonamides is 1. The molecule has 2 aromatic rings. The Labute approximate surface area is 184 Å². The van der Waals surface area contributed by atoms with E-state index in [0.29, 0.717) is 23.1 Å². The van der Waals surface area contributed by atoms with Crippen LogP contribution in [0.3, 0.4) is 0 Å². The molecule has 160 valence electrons. The Morgan fingerprint density at radius 2 is 1.93 bits per heavy atom. The van der Waals surface area contributed by atoms with Gasteiger partial charge in [0.2, 0.25) is 16.8 Å². The highest BCUT2D eigenvalue weighted by molar-refractivity contribution is 7.92. The molecule has 2 aromatic carbocycles. The molecule has 0 aromatic heterocycles. The minimum Gasteiger partial charge on any atom is -0.454 e. The standard InChI is InChI=1S/C18H19ClN4O5S2/c1-30(25,26)23(14-4-2-3-13(19)8-14)10-17(24)21-22-18(29)20-9-12-5-6-15-16(7-12)28-11-27-15/h2-8H,9-11H2,1H3,(H,21,24)(H2,20,22,29). The minimum atomic E-state index is -3.70. The fourth-order valence-corrected chi connectivity index (χ4v) is 3.76. The second kappa shape index (κ2) is 9.37. The van der Waals surface area contributed by atoms with E-state index in [4.69, 9.17) is 33.3 Å². The normalized spacial score (nSPS) is 12.2. The molecule has 3 rings (SSSR count). The SMILES string of the molecule is CS(=O)(=O)N(CC(=O)NNC(=S)NCc1ccc2c(c1)OCO2)c1cccc(Cl)c1. The Hall–Kier alpha value is -2.76. The number of amides is 1. The molecule has 0 spiro atoms. The fourth-order valence-electron chi connectivity index (χ4n) is 2.61. The van der Waals surface area contributed by atoms with Crippen LogP contribution in [0, 0.1) is 0 Å². The summed E-state index contributed by atoms with van der Waals surface area (Å²) in [4.78, 5) is 12.2. The summed E-state index contributed by atoms with van der Waals surface area (Å²) in [5, 5.41) is 3.45. The second-order valence-corrected chi connectivity index (χ2v) is 9.04. The Balaban J connectivity index is 1.50. The number of hydrogen-bond acceptors (Lipinski definition) is 6. The van der Waals surface area contributed by atoms with E-state index < -0.39 is 22.5 Å². The zero-order chi connectivity index (χ0) is 21.7. The quantitative estimate of drug-likeness (QED) is 0.431. The van der Waals surface area contributed by atoms with Gasteiger partial charge in [0.15, 0.2) is 16.6 Å². The van der Waals surface area contributed by atoms with Crippen molar-refractivity contribution in [3.8, 4) is 11.5 Å². The zero-order valence-electron chi connectivity index (χ0n) is 15.8. The van der Waals surface area contributed by atoms with Gasteiger partial charge in [0.05, 0.1) is 11.9 Å². The average Bonchev–Trinajstić information content (AvgIpc) is 3.16. The van der Waals surface area contributed by atoms with Crippen molar-refractivity contribution in [2.75, 3.05) is 23.9 Å². The van der Waals surface area contributed by atoms with E-state index in [9.17, 15) is 13.2 Å². The van der Waals surface area contributed by atoms with E-state index in [1.165, 1.54) is 6.07 Å². The lowest BCUT2D eigenvalue weighted by atomic mass is 10.2. The highest BCUT2D eigenvalue weighted by Gasteiger charge is 2.21. The summed E-state index contributed by atoms with van der Waals surface area (Å²) >= 11 is 11.0. The third kappa shape index (κ3) is 5.88. The van der Waals surface area contributed by atoms with Crippen LogP contribution < -0.4 is 29.9 Å². The molecule has 0 aliphatic carbocycles. The Bertz CT molecular complexity index is 1060. The van der Waals surface area contributed by atoms with E-state index in [1.807, 2.05) is 12.1 Å². The molecule has 0 bridgehead atoms. The largest absolute Gasteiger partial charge is 0.454 e. The molecular formula is C18H19ClN4O5S2. The second-order valence-electron chi connectivity index (χ2n) is 6.29. The van der Waals surface area contributed by atoms with E-state index in [2.05, 4.69) is 16.2 Å². The van der Waals surface area contributed by atoms with Gasteiger partial charge in [-0.05, 0) is 48.1 Å². The van der Waals surface area contributed by atoms with Crippen molar-refractivity contribution in [3.05, 3.63) is 53.1 Å². The maximum absolute atomic E-state index is 12.2. The van der Waals surface area contributed by atoms with Crippen LogP contribution in [-0.4, -0.2) is 39.0 Å². The lowest BCUT2D eigenvalue weighted by molar-refractivity contribution is -0.120. The highest BCUT2D eigenvalue weighted by atomic mass is 35.5. The Morgan fingerprint density at radius 1 is 1.17 bits per heavy atom. The monoisotopic (exact) mass is 470 g/mol. The molecule has 0 saturated heterocycles. The molecule has 1 aliphatic heterocycles. The van der Waals surface area contributed by atoms with Crippen LogP contribution in [0.15, 0.2) is 42.5 Å². The number of halogens is 1. The number of anilines is 1. The Kier molecular flexibility index (Phi) is 6.85. The van der Waals surface area contributed by atoms with E-state index in [-0.39, 0.29) is 17.6 Å². The number of carbonyl (C=O) groups is 1.